The van der Waals surface area contributed by atoms with Gasteiger partial charge in [-0.1, -0.05) is 72.5 Å². The molecule has 4 aromatic rings. The lowest BCUT2D eigenvalue weighted by molar-refractivity contribution is 0.0735. The number of benzene rings is 4. The monoisotopic (exact) mass is 402 g/mol. The molecule has 4 aromatic carbocycles. The summed E-state index contributed by atoms with van der Waals surface area (Å²) in [7, 11) is 0. The Bertz CT molecular complexity index is 1180. The molecule has 0 spiro atoms. The fourth-order valence-corrected chi connectivity index (χ4v) is 3.18. The first kappa shape index (κ1) is 20.2. The molecule has 0 aliphatic rings. The molecule has 0 saturated heterocycles. The van der Waals surface area contributed by atoms with Crippen LogP contribution in [0.2, 0.25) is 0 Å². The molecule has 0 saturated carbocycles. The van der Waals surface area contributed by atoms with Crippen molar-refractivity contribution < 1.29 is 9.53 Å². The minimum absolute atomic E-state index is 0.378. The van der Waals surface area contributed by atoms with Crippen LogP contribution in [0.1, 0.15) is 32.6 Å². The Balaban J connectivity index is 1.34. The molecule has 0 unspecified atom stereocenters. The Morgan fingerprint density at radius 3 is 1.65 bits per heavy atom. The van der Waals surface area contributed by atoms with Gasteiger partial charge in [0.25, 0.3) is 0 Å². The highest BCUT2D eigenvalue weighted by atomic mass is 16.5. The third-order valence-corrected chi connectivity index (χ3v) is 4.92. The number of hydrogen-bond donors (Lipinski definition) is 0. The number of ether oxygens (including phenoxy) is 1. The summed E-state index contributed by atoms with van der Waals surface area (Å²) in [6.07, 6.45) is 2.04. The Labute approximate surface area is 183 Å². The zero-order valence-electron chi connectivity index (χ0n) is 17.1. The second-order valence-corrected chi connectivity index (χ2v) is 7.21. The molecule has 0 amide bonds. The lowest BCUT2D eigenvalue weighted by Gasteiger charge is -2.04. The summed E-state index contributed by atoms with van der Waals surface area (Å²) < 4.78 is 5.35. The topological polar surface area (TPSA) is 26.3 Å². The highest BCUT2D eigenvalue weighted by molar-refractivity contribution is 5.91. The summed E-state index contributed by atoms with van der Waals surface area (Å²) >= 11 is 0. The van der Waals surface area contributed by atoms with Gasteiger partial charge < -0.3 is 4.74 Å². The average Bonchev–Trinajstić information content (AvgIpc) is 2.84. The van der Waals surface area contributed by atoms with E-state index in [2.05, 4.69) is 60.4 Å². The van der Waals surface area contributed by atoms with Gasteiger partial charge in [0.15, 0.2) is 0 Å². The van der Waals surface area contributed by atoms with Crippen molar-refractivity contribution in [2.45, 2.75) is 12.8 Å². The molecular weight excluding hydrogens is 380 g/mol. The summed E-state index contributed by atoms with van der Waals surface area (Å²) in [5.74, 6) is 6.49. The minimum atomic E-state index is -0.378. The van der Waals surface area contributed by atoms with Crippen molar-refractivity contribution >= 4 is 5.97 Å². The first-order valence-corrected chi connectivity index (χ1v) is 10.3. The van der Waals surface area contributed by atoms with E-state index in [9.17, 15) is 4.79 Å². The Hall–Kier alpha value is -4.09. The standard InChI is InChI=1S/C29H22O2/c30-29(31-28-9-5-2-6-10-28)27-21-19-26(20-22-27)18-17-25-15-13-24(14-16-25)12-11-23-7-3-1-4-8-23/h1-10,13-16,19-22H,11-12H2. The maximum absolute atomic E-state index is 12.2. The minimum Gasteiger partial charge on any atom is -0.423 e. The number of carbonyl (C=O) groups is 1. The third-order valence-electron chi connectivity index (χ3n) is 4.92. The van der Waals surface area contributed by atoms with Crippen LogP contribution in [0, 0.1) is 11.8 Å². The van der Waals surface area contributed by atoms with Crippen molar-refractivity contribution in [2.75, 3.05) is 0 Å². The Kier molecular flexibility index (Phi) is 6.58. The van der Waals surface area contributed by atoms with Crippen LogP contribution in [-0.4, -0.2) is 5.97 Å². The van der Waals surface area contributed by atoms with E-state index >= 15 is 0 Å². The maximum atomic E-state index is 12.2. The second-order valence-electron chi connectivity index (χ2n) is 7.21. The number of carbonyl (C=O) groups excluding carboxylic acids is 1. The van der Waals surface area contributed by atoms with E-state index in [0.717, 1.165) is 24.0 Å². The van der Waals surface area contributed by atoms with Crippen molar-refractivity contribution in [3.05, 3.63) is 137 Å². The number of rotatable bonds is 5. The van der Waals surface area contributed by atoms with Crippen LogP contribution >= 0.6 is 0 Å². The van der Waals surface area contributed by atoms with Crippen LogP contribution < -0.4 is 4.74 Å². The predicted molar refractivity (Wildman–Crippen MR) is 124 cm³/mol. The fourth-order valence-electron chi connectivity index (χ4n) is 3.18. The van der Waals surface area contributed by atoms with Crippen LogP contribution in [0.25, 0.3) is 0 Å². The number of esters is 1. The SMILES string of the molecule is O=C(Oc1ccccc1)c1ccc(C#Cc2ccc(CCc3ccccc3)cc2)cc1. The largest absolute Gasteiger partial charge is 0.423 e. The molecule has 0 bridgehead atoms. The van der Waals surface area contributed by atoms with E-state index in [0.29, 0.717) is 11.3 Å². The third kappa shape index (κ3) is 5.95. The zero-order valence-corrected chi connectivity index (χ0v) is 17.1. The van der Waals surface area contributed by atoms with Gasteiger partial charge in [0.2, 0.25) is 0 Å². The highest BCUT2D eigenvalue weighted by Crippen LogP contribution is 2.13. The molecule has 0 heterocycles. The van der Waals surface area contributed by atoms with Crippen molar-refractivity contribution in [3.8, 4) is 17.6 Å². The van der Waals surface area contributed by atoms with Crippen LogP contribution in [-0.2, 0) is 12.8 Å². The van der Waals surface area contributed by atoms with E-state index in [4.69, 9.17) is 4.74 Å². The molecule has 0 aliphatic heterocycles. The number of aryl methyl sites for hydroxylation is 2. The van der Waals surface area contributed by atoms with Gasteiger partial charge >= 0.3 is 5.97 Å². The van der Waals surface area contributed by atoms with Gasteiger partial charge in [0.1, 0.15) is 5.75 Å². The van der Waals surface area contributed by atoms with Crippen molar-refractivity contribution in [2.24, 2.45) is 0 Å². The van der Waals surface area contributed by atoms with Gasteiger partial charge in [-0.05, 0) is 72.5 Å². The van der Waals surface area contributed by atoms with E-state index in [1.807, 2.05) is 36.4 Å². The number of para-hydroxylation sites is 1. The summed E-state index contributed by atoms with van der Waals surface area (Å²) in [5.41, 5.74) is 4.97. The summed E-state index contributed by atoms with van der Waals surface area (Å²) in [6.45, 7) is 0. The van der Waals surface area contributed by atoms with E-state index in [1.54, 1.807) is 24.3 Å². The molecule has 2 heteroatoms. The van der Waals surface area contributed by atoms with Crippen LogP contribution in [0.5, 0.6) is 5.75 Å². The van der Waals surface area contributed by atoms with Gasteiger partial charge in [0.05, 0.1) is 5.56 Å². The average molecular weight is 402 g/mol. The highest BCUT2D eigenvalue weighted by Gasteiger charge is 2.07. The predicted octanol–water partition coefficient (Wildman–Crippen LogP) is 6.09. The molecule has 0 N–H and O–H groups in total. The summed E-state index contributed by atoms with van der Waals surface area (Å²) in [4.78, 5) is 12.2. The van der Waals surface area contributed by atoms with E-state index in [-0.39, 0.29) is 5.97 Å². The summed E-state index contributed by atoms with van der Waals surface area (Å²) in [5, 5.41) is 0. The van der Waals surface area contributed by atoms with Crippen molar-refractivity contribution in [1.29, 1.82) is 0 Å². The molecule has 2 nitrogen and oxygen atoms in total. The van der Waals surface area contributed by atoms with Crippen LogP contribution in [0.3, 0.4) is 0 Å². The van der Waals surface area contributed by atoms with Gasteiger partial charge in [-0.3, -0.25) is 0 Å². The van der Waals surface area contributed by atoms with Crippen LogP contribution in [0.4, 0.5) is 0 Å². The first-order valence-electron chi connectivity index (χ1n) is 10.3. The molecular formula is C29H22O2. The van der Waals surface area contributed by atoms with Gasteiger partial charge in [0, 0.05) is 11.1 Å². The molecule has 0 aromatic heterocycles. The van der Waals surface area contributed by atoms with Gasteiger partial charge in [-0.25, -0.2) is 4.79 Å². The molecule has 0 aliphatic carbocycles. The van der Waals surface area contributed by atoms with Crippen LogP contribution in [0.15, 0.2) is 109 Å². The lowest BCUT2D eigenvalue weighted by atomic mass is 10.0. The van der Waals surface area contributed by atoms with Gasteiger partial charge in [-0.15, -0.1) is 0 Å². The quantitative estimate of drug-likeness (QED) is 0.229. The van der Waals surface area contributed by atoms with Gasteiger partial charge in [-0.2, -0.15) is 0 Å². The molecule has 0 radical (unpaired) electrons. The van der Waals surface area contributed by atoms with E-state index < -0.39 is 0 Å². The summed E-state index contributed by atoms with van der Waals surface area (Å²) in [6, 6.07) is 35.1. The Morgan fingerprint density at radius 2 is 1.06 bits per heavy atom. The zero-order chi connectivity index (χ0) is 21.3. The molecule has 31 heavy (non-hydrogen) atoms. The second kappa shape index (κ2) is 10.1. The first-order chi connectivity index (χ1) is 15.3. The molecule has 0 atom stereocenters. The van der Waals surface area contributed by atoms with E-state index in [1.165, 1.54) is 11.1 Å². The molecule has 150 valence electrons. The normalized spacial score (nSPS) is 10.1. The molecule has 4 rings (SSSR count). The fraction of sp³-hybridized carbons (Fsp3) is 0.0690. The van der Waals surface area contributed by atoms with Crippen molar-refractivity contribution in [3.63, 3.8) is 0 Å². The Morgan fingerprint density at radius 1 is 0.581 bits per heavy atom. The lowest BCUT2D eigenvalue weighted by Crippen LogP contribution is -2.08. The maximum Gasteiger partial charge on any atom is 0.343 e. The number of hydrogen-bond acceptors (Lipinski definition) is 2. The molecule has 0 fully saturated rings. The smallest absolute Gasteiger partial charge is 0.343 e. The van der Waals surface area contributed by atoms with Crippen molar-refractivity contribution in [1.82, 2.24) is 0 Å².